The Morgan fingerprint density at radius 1 is 1.23 bits per heavy atom. The van der Waals surface area contributed by atoms with Crippen molar-refractivity contribution in [2.24, 2.45) is 0 Å². The van der Waals surface area contributed by atoms with Gasteiger partial charge in [-0.25, -0.2) is 4.79 Å². The quantitative estimate of drug-likeness (QED) is 0.736. The van der Waals surface area contributed by atoms with Gasteiger partial charge in [0.1, 0.15) is 5.60 Å². The molecule has 0 bridgehead atoms. The Labute approximate surface area is 126 Å². The fraction of sp³-hybridized carbons (Fsp3) is 0.769. The van der Waals surface area contributed by atoms with Gasteiger partial charge in [0.25, 0.3) is 0 Å². The van der Waals surface area contributed by atoms with Crippen molar-refractivity contribution in [2.75, 3.05) is 6.54 Å². The average Bonchev–Trinajstić information content (AvgIpc) is 2.76. The number of aromatic nitrogens is 3. The number of halogens is 3. The number of alkyl halides is 3. The molecule has 0 radical (unpaired) electrons. The van der Waals surface area contributed by atoms with E-state index in [0.29, 0.717) is 0 Å². The largest absolute Gasteiger partial charge is 0.451 e. The summed E-state index contributed by atoms with van der Waals surface area (Å²) in [5.74, 6) is -0.928. The third-order valence-corrected chi connectivity index (χ3v) is 3.35. The van der Waals surface area contributed by atoms with Crippen LogP contribution in [-0.4, -0.2) is 37.9 Å². The number of nitrogens with zero attached hydrogens (tertiary/aromatic N) is 4. The summed E-state index contributed by atoms with van der Waals surface area (Å²) in [5.41, 5.74) is -0.678. The van der Waals surface area contributed by atoms with Gasteiger partial charge in [0.15, 0.2) is 5.82 Å². The number of hydrogen-bond donors (Lipinski definition) is 0. The second-order valence-corrected chi connectivity index (χ2v) is 6.41. The molecule has 0 N–H and O–H groups in total. The third kappa shape index (κ3) is 3.02. The number of carbonyl (C=O) groups excluding carboxylic acids is 1. The van der Waals surface area contributed by atoms with Crippen molar-refractivity contribution in [3.63, 3.8) is 0 Å². The molecule has 1 amide bonds. The summed E-state index contributed by atoms with van der Waals surface area (Å²) in [5, 5.41) is 6.87. The maximum absolute atomic E-state index is 13.0. The second-order valence-electron chi connectivity index (χ2n) is 6.41. The van der Waals surface area contributed by atoms with Crippen LogP contribution < -0.4 is 0 Å². The first kappa shape index (κ1) is 16.6. The molecule has 2 rings (SSSR count). The Morgan fingerprint density at radius 2 is 1.82 bits per heavy atom. The van der Waals surface area contributed by atoms with Gasteiger partial charge >= 0.3 is 12.3 Å². The Morgan fingerprint density at radius 3 is 2.32 bits per heavy atom. The van der Waals surface area contributed by atoms with Crippen LogP contribution in [0.5, 0.6) is 0 Å². The molecule has 1 aliphatic rings. The van der Waals surface area contributed by atoms with Crippen molar-refractivity contribution in [1.29, 1.82) is 0 Å². The minimum Gasteiger partial charge on any atom is -0.444 e. The molecule has 0 saturated carbocycles. The molecule has 0 aliphatic carbocycles. The highest BCUT2D eigenvalue weighted by Gasteiger charge is 2.44. The smallest absolute Gasteiger partial charge is 0.444 e. The van der Waals surface area contributed by atoms with E-state index in [1.165, 1.54) is 4.90 Å². The molecule has 124 valence electrons. The van der Waals surface area contributed by atoms with Crippen LogP contribution in [-0.2, 0) is 10.9 Å². The van der Waals surface area contributed by atoms with Crippen LogP contribution >= 0.6 is 0 Å². The number of fused-ring (bicyclic) bond motifs is 1. The lowest BCUT2D eigenvalue weighted by atomic mass is 10.1. The van der Waals surface area contributed by atoms with E-state index in [1.807, 2.05) is 0 Å². The molecule has 2 heterocycles. The molecule has 1 aromatic heterocycles. The van der Waals surface area contributed by atoms with E-state index in [9.17, 15) is 18.0 Å². The normalized spacial score (nSPS) is 22.5. The topological polar surface area (TPSA) is 60.2 Å². The van der Waals surface area contributed by atoms with E-state index in [-0.39, 0.29) is 12.4 Å². The van der Waals surface area contributed by atoms with Crippen molar-refractivity contribution in [2.45, 2.75) is 58.5 Å². The van der Waals surface area contributed by atoms with Crippen LogP contribution in [0.1, 0.15) is 58.4 Å². The summed E-state index contributed by atoms with van der Waals surface area (Å²) in [7, 11) is 0. The van der Waals surface area contributed by atoms with Crippen molar-refractivity contribution in [3.8, 4) is 0 Å². The zero-order chi connectivity index (χ0) is 16.9. The predicted octanol–water partition coefficient (Wildman–Crippen LogP) is 3.17. The van der Waals surface area contributed by atoms with E-state index in [2.05, 4.69) is 10.2 Å². The van der Waals surface area contributed by atoms with Gasteiger partial charge in [0, 0.05) is 6.54 Å². The molecule has 9 heteroatoms. The van der Waals surface area contributed by atoms with Gasteiger partial charge in [-0.15, -0.1) is 10.2 Å². The molecule has 1 aromatic rings. The minimum absolute atomic E-state index is 0.101. The number of ether oxygens (including phenoxy) is 1. The summed E-state index contributed by atoms with van der Waals surface area (Å²) < 4.78 is 45.2. The summed E-state index contributed by atoms with van der Waals surface area (Å²) in [4.78, 5) is 13.6. The Bertz CT molecular complexity index is 577. The van der Waals surface area contributed by atoms with Gasteiger partial charge in [0.2, 0.25) is 5.82 Å². The van der Waals surface area contributed by atoms with Crippen LogP contribution in [0.15, 0.2) is 0 Å². The van der Waals surface area contributed by atoms with Crippen LogP contribution in [0.4, 0.5) is 18.0 Å². The molecule has 0 saturated heterocycles. The van der Waals surface area contributed by atoms with Gasteiger partial charge in [-0.2, -0.15) is 13.2 Å². The number of amides is 1. The number of carbonyl (C=O) groups is 1. The molecular formula is C13H19F3N4O2. The molecule has 1 aliphatic heterocycles. The van der Waals surface area contributed by atoms with Crippen LogP contribution in [0, 0.1) is 0 Å². The highest BCUT2D eigenvalue weighted by Crippen LogP contribution is 2.36. The fourth-order valence-corrected chi connectivity index (χ4v) is 2.43. The standard InChI is InChI=1S/C13H19F3N4O2/c1-7-6-19(11(21)22-12(3,4)5)8(2)9-17-18-10(20(7)9)13(14,15)16/h7-8H,6H2,1-5H3. The first-order chi connectivity index (χ1) is 9.92. The van der Waals surface area contributed by atoms with Crippen molar-refractivity contribution in [1.82, 2.24) is 19.7 Å². The molecular weight excluding hydrogens is 301 g/mol. The second kappa shape index (κ2) is 5.13. The first-order valence-corrected chi connectivity index (χ1v) is 6.93. The summed E-state index contributed by atoms with van der Waals surface area (Å²) >= 11 is 0. The highest BCUT2D eigenvalue weighted by molar-refractivity contribution is 5.69. The molecule has 0 fully saturated rings. The molecule has 0 spiro atoms. The van der Waals surface area contributed by atoms with E-state index >= 15 is 0 Å². The minimum atomic E-state index is -4.58. The number of hydrogen-bond acceptors (Lipinski definition) is 4. The lowest BCUT2D eigenvalue weighted by Crippen LogP contribution is -2.45. The summed E-state index contributed by atoms with van der Waals surface area (Å²) in [6, 6.07) is -1.24. The molecule has 0 aromatic carbocycles. The summed E-state index contributed by atoms with van der Waals surface area (Å²) in [6.07, 6.45) is -5.15. The Balaban J connectivity index is 2.34. The van der Waals surface area contributed by atoms with E-state index in [4.69, 9.17) is 4.74 Å². The van der Waals surface area contributed by atoms with E-state index in [1.54, 1.807) is 34.6 Å². The first-order valence-electron chi connectivity index (χ1n) is 6.93. The van der Waals surface area contributed by atoms with Gasteiger partial charge in [0.05, 0.1) is 12.1 Å². The lowest BCUT2D eigenvalue weighted by Gasteiger charge is -2.38. The summed E-state index contributed by atoms with van der Waals surface area (Å²) in [6.45, 7) is 8.49. The molecule has 22 heavy (non-hydrogen) atoms. The zero-order valence-corrected chi connectivity index (χ0v) is 13.1. The fourth-order valence-electron chi connectivity index (χ4n) is 2.43. The van der Waals surface area contributed by atoms with Crippen LogP contribution in [0.2, 0.25) is 0 Å². The molecule has 6 nitrogen and oxygen atoms in total. The number of rotatable bonds is 0. The highest BCUT2D eigenvalue weighted by atomic mass is 19.4. The van der Waals surface area contributed by atoms with Gasteiger partial charge in [-0.05, 0) is 34.6 Å². The zero-order valence-electron chi connectivity index (χ0n) is 13.1. The molecule has 2 unspecified atom stereocenters. The predicted molar refractivity (Wildman–Crippen MR) is 71.1 cm³/mol. The lowest BCUT2D eigenvalue weighted by molar-refractivity contribution is -0.148. The van der Waals surface area contributed by atoms with Crippen molar-refractivity contribution >= 4 is 6.09 Å². The monoisotopic (exact) mass is 320 g/mol. The van der Waals surface area contributed by atoms with Crippen molar-refractivity contribution in [3.05, 3.63) is 11.6 Å². The Kier molecular flexibility index (Phi) is 3.87. The van der Waals surface area contributed by atoms with E-state index < -0.39 is 35.8 Å². The third-order valence-electron chi connectivity index (χ3n) is 3.35. The maximum Gasteiger partial charge on any atom is 0.451 e. The molecule has 2 atom stereocenters. The Hall–Kier alpha value is -1.80. The van der Waals surface area contributed by atoms with Crippen LogP contribution in [0.25, 0.3) is 0 Å². The van der Waals surface area contributed by atoms with Crippen LogP contribution in [0.3, 0.4) is 0 Å². The van der Waals surface area contributed by atoms with E-state index in [0.717, 1.165) is 4.57 Å². The van der Waals surface area contributed by atoms with Gasteiger partial charge in [-0.3, -0.25) is 4.90 Å². The average molecular weight is 320 g/mol. The van der Waals surface area contributed by atoms with Crippen molar-refractivity contribution < 1.29 is 22.7 Å². The SMILES string of the molecule is CC1c2nnc(C(F)(F)F)n2C(C)CN1C(=O)OC(C)(C)C. The maximum atomic E-state index is 13.0. The van der Waals surface area contributed by atoms with Gasteiger partial charge < -0.3 is 9.30 Å². The van der Waals surface area contributed by atoms with Gasteiger partial charge in [-0.1, -0.05) is 0 Å².